The maximum atomic E-state index is 12.3. The number of allylic oxidation sites excluding steroid dienone is 1. The summed E-state index contributed by atoms with van der Waals surface area (Å²) in [6.45, 7) is 9.07. The van der Waals surface area contributed by atoms with Crippen LogP contribution in [0.15, 0.2) is 47.0 Å². The number of rotatable bonds is 6. The van der Waals surface area contributed by atoms with Gasteiger partial charge in [0.2, 0.25) is 0 Å². The van der Waals surface area contributed by atoms with Gasteiger partial charge >= 0.3 is 6.09 Å². The lowest BCUT2D eigenvalue weighted by molar-refractivity contribution is 0.0181. The van der Waals surface area contributed by atoms with Gasteiger partial charge < -0.3 is 18.9 Å². The third-order valence-corrected chi connectivity index (χ3v) is 6.31. The van der Waals surface area contributed by atoms with Crippen molar-refractivity contribution >= 4 is 23.1 Å². The molecule has 3 aromatic rings. The first-order valence-electron chi connectivity index (χ1n) is 12.5. The van der Waals surface area contributed by atoms with Gasteiger partial charge in [-0.1, -0.05) is 17.3 Å². The normalized spacial score (nSPS) is 14.8. The van der Waals surface area contributed by atoms with Gasteiger partial charge in [0.05, 0.1) is 22.9 Å². The molecule has 1 aliphatic rings. The van der Waals surface area contributed by atoms with Crippen LogP contribution in [0.3, 0.4) is 0 Å². The first-order valence-corrected chi connectivity index (χ1v) is 12.5. The highest BCUT2D eigenvalue weighted by Crippen LogP contribution is 2.35. The minimum Gasteiger partial charge on any atom is -0.457 e. The van der Waals surface area contributed by atoms with E-state index in [0.29, 0.717) is 28.6 Å². The number of ether oxygens (including phenoxy) is 2. The van der Waals surface area contributed by atoms with Crippen molar-refractivity contribution in [3.05, 3.63) is 59.3 Å². The Morgan fingerprint density at radius 2 is 1.92 bits per heavy atom. The van der Waals surface area contributed by atoms with Crippen LogP contribution < -0.4 is 4.74 Å². The fraction of sp³-hybridized carbons (Fsp3) is 0.414. The first kappa shape index (κ1) is 25.3. The van der Waals surface area contributed by atoms with Gasteiger partial charge in [0.15, 0.2) is 5.58 Å². The van der Waals surface area contributed by atoms with Crippen molar-refractivity contribution in [2.24, 2.45) is 5.92 Å². The number of benzene rings is 2. The summed E-state index contributed by atoms with van der Waals surface area (Å²) in [4.78, 5) is 14.1. The predicted octanol–water partition coefficient (Wildman–Crippen LogP) is 7.10. The van der Waals surface area contributed by atoms with Gasteiger partial charge in [0.1, 0.15) is 17.1 Å². The largest absolute Gasteiger partial charge is 0.457 e. The number of likely N-dealkylation sites (tertiary alicyclic amines) is 1. The first-order chi connectivity index (χ1) is 17.3. The second kappa shape index (κ2) is 10.9. The van der Waals surface area contributed by atoms with E-state index in [1.165, 1.54) is 0 Å². The van der Waals surface area contributed by atoms with Crippen LogP contribution in [0.1, 0.15) is 63.8 Å². The number of fused-ring (bicyclic) bond motifs is 1. The molecular weight excluding hydrogens is 454 g/mol. The molecule has 7 nitrogen and oxygen atoms in total. The summed E-state index contributed by atoms with van der Waals surface area (Å²) in [5.41, 5.74) is 2.59. The van der Waals surface area contributed by atoms with E-state index >= 15 is 0 Å². The van der Waals surface area contributed by atoms with E-state index in [9.17, 15) is 4.79 Å². The molecule has 0 atom stereocenters. The lowest BCUT2D eigenvalue weighted by atomic mass is 9.91. The summed E-state index contributed by atoms with van der Waals surface area (Å²) in [5.74, 6) is 1.85. The molecule has 0 radical (unpaired) electrons. The van der Waals surface area contributed by atoms with Gasteiger partial charge in [0, 0.05) is 18.5 Å². The highest BCUT2D eigenvalue weighted by atomic mass is 16.6. The monoisotopic (exact) mass is 487 g/mol. The van der Waals surface area contributed by atoms with E-state index in [1.54, 1.807) is 24.3 Å². The summed E-state index contributed by atoms with van der Waals surface area (Å²) >= 11 is 0. The number of carbonyl (C=O) groups is 1. The Balaban J connectivity index is 1.42. The van der Waals surface area contributed by atoms with E-state index in [0.717, 1.165) is 55.4 Å². The zero-order valence-corrected chi connectivity index (χ0v) is 21.4. The van der Waals surface area contributed by atoms with Gasteiger partial charge in [-0.15, -0.1) is 0 Å². The minimum atomic E-state index is -0.472. The molecule has 36 heavy (non-hydrogen) atoms. The molecule has 1 amide bonds. The van der Waals surface area contributed by atoms with E-state index in [4.69, 9.17) is 19.3 Å². The third kappa shape index (κ3) is 6.06. The summed E-state index contributed by atoms with van der Waals surface area (Å²) < 4.78 is 17.4. The number of carbonyl (C=O) groups excluding carboxylic acids is 1. The fourth-order valence-corrected chi connectivity index (χ4v) is 4.45. The lowest BCUT2D eigenvalue weighted by Crippen LogP contribution is -2.41. The average Bonchev–Trinajstić information content (AvgIpc) is 3.27. The van der Waals surface area contributed by atoms with Crippen molar-refractivity contribution in [2.75, 3.05) is 13.1 Å². The summed E-state index contributed by atoms with van der Waals surface area (Å²) in [7, 11) is 0. The number of amides is 1. The van der Waals surface area contributed by atoms with Gasteiger partial charge in [-0.05, 0) is 95.7 Å². The SMILES string of the molecule is CC=Cc1c(Oc2ccc(C#N)cc2)ccc2c(CCC3CCN(C(=O)OC(C)(C)C)CC3)noc12. The average molecular weight is 488 g/mol. The van der Waals surface area contributed by atoms with Crippen LogP contribution in [-0.2, 0) is 11.2 Å². The zero-order chi connectivity index (χ0) is 25.7. The predicted molar refractivity (Wildman–Crippen MR) is 139 cm³/mol. The molecule has 1 saturated heterocycles. The zero-order valence-electron chi connectivity index (χ0n) is 21.4. The topological polar surface area (TPSA) is 88.6 Å². The molecule has 2 heterocycles. The molecule has 0 unspecified atom stereocenters. The molecule has 1 fully saturated rings. The molecule has 0 aliphatic carbocycles. The lowest BCUT2D eigenvalue weighted by Gasteiger charge is -2.33. The van der Waals surface area contributed by atoms with E-state index in [2.05, 4.69) is 11.2 Å². The maximum absolute atomic E-state index is 12.3. The van der Waals surface area contributed by atoms with E-state index in [1.807, 2.05) is 56.9 Å². The molecule has 0 bridgehead atoms. The van der Waals surface area contributed by atoms with Crippen molar-refractivity contribution in [2.45, 2.75) is 59.0 Å². The molecule has 4 rings (SSSR count). The Labute approximate surface area is 212 Å². The Kier molecular flexibility index (Phi) is 7.64. The smallest absolute Gasteiger partial charge is 0.410 e. The van der Waals surface area contributed by atoms with Crippen LogP contribution in [0.5, 0.6) is 11.5 Å². The van der Waals surface area contributed by atoms with Crippen LogP contribution in [-0.4, -0.2) is 34.8 Å². The molecule has 7 heteroatoms. The van der Waals surface area contributed by atoms with Gasteiger partial charge in [0.25, 0.3) is 0 Å². The van der Waals surface area contributed by atoms with Crippen LogP contribution in [0.25, 0.3) is 17.0 Å². The Hall–Kier alpha value is -3.79. The van der Waals surface area contributed by atoms with Crippen molar-refractivity contribution in [1.29, 1.82) is 5.26 Å². The van der Waals surface area contributed by atoms with Crippen molar-refractivity contribution in [3.8, 4) is 17.6 Å². The number of nitrogens with zero attached hydrogens (tertiary/aromatic N) is 3. The highest BCUT2D eigenvalue weighted by Gasteiger charge is 2.27. The quantitative estimate of drug-likeness (QED) is 0.368. The molecular formula is C29H33N3O4. The van der Waals surface area contributed by atoms with Gasteiger partial charge in [-0.3, -0.25) is 0 Å². The second-order valence-electron chi connectivity index (χ2n) is 10.2. The minimum absolute atomic E-state index is 0.223. The standard InChI is InChI=1S/C29H33N3O4/c1-5-6-24-26(34-22-10-7-21(19-30)8-11-22)14-12-23-25(31-36-27(23)24)13-9-20-15-17-32(18-16-20)28(33)35-29(2,3)4/h5-8,10-12,14,20H,9,13,15-18H2,1-4H3. The maximum Gasteiger partial charge on any atom is 0.410 e. The second-order valence-corrected chi connectivity index (χ2v) is 10.2. The number of piperidine rings is 1. The number of hydrogen-bond donors (Lipinski definition) is 0. The van der Waals surface area contributed by atoms with E-state index in [-0.39, 0.29) is 6.09 Å². The molecule has 1 aromatic heterocycles. The molecule has 2 aromatic carbocycles. The molecule has 0 saturated carbocycles. The van der Waals surface area contributed by atoms with Crippen LogP contribution >= 0.6 is 0 Å². The van der Waals surface area contributed by atoms with Crippen LogP contribution in [0.2, 0.25) is 0 Å². The van der Waals surface area contributed by atoms with Crippen molar-refractivity contribution in [1.82, 2.24) is 10.1 Å². The third-order valence-electron chi connectivity index (χ3n) is 6.31. The molecule has 1 aliphatic heterocycles. The summed E-state index contributed by atoms with van der Waals surface area (Å²) in [6.07, 6.45) is 7.41. The number of hydrogen-bond acceptors (Lipinski definition) is 6. The Morgan fingerprint density at radius 1 is 1.19 bits per heavy atom. The van der Waals surface area contributed by atoms with Gasteiger partial charge in [-0.2, -0.15) is 5.26 Å². The summed E-state index contributed by atoms with van der Waals surface area (Å²) in [5, 5.41) is 14.4. The molecule has 0 spiro atoms. The fourth-order valence-electron chi connectivity index (χ4n) is 4.45. The van der Waals surface area contributed by atoms with Crippen molar-refractivity contribution in [3.63, 3.8) is 0 Å². The number of aryl methyl sites for hydroxylation is 1. The Bertz CT molecular complexity index is 1270. The molecule has 0 N–H and O–H groups in total. The summed E-state index contributed by atoms with van der Waals surface area (Å²) in [6, 6.07) is 13.1. The molecule has 188 valence electrons. The Morgan fingerprint density at radius 3 is 2.56 bits per heavy atom. The van der Waals surface area contributed by atoms with E-state index < -0.39 is 5.60 Å². The number of aromatic nitrogens is 1. The number of nitriles is 1. The van der Waals surface area contributed by atoms with Crippen LogP contribution in [0, 0.1) is 17.2 Å². The van der Waals surface area contributed by atoms with Crippen LogP contribution in [0.4, 0.5) is 4.79 Å². The highest BCUT2D eigenvalue weighted by molar-refractivity contribution is 5.90. The van der Waals surface area contributed by atoms with Crippen molar-refractivity contribution < 1.29 is 18.8 Å². The van der Waals surface area contributed by atoms with Gasteiger partial charge in [-0.25, -0.2) is 4.79 Å².